The van der Waals surface area contributed by atoms with Crippen LogP contribution in [-0.2, 0) is 14.3 Å². The fraction of sp³-hybridized carbons (Fsp3) is 0.414. The number of allylic oxidation sites excluding steroid dienone is 2. The van der Waals surface area contributed by atoms with Crippen LogP contribution in [0.2, 0.25) is 0 Å². The van der Waals surface area contributed by atoms with Crippen LogP contribution in [0.3, 0.4) is 0 Å². The van der Waals surface area contributed by atoms with Crippen molar-refractivity contribution < 1.29 is 42.7 Å². The van der Waals surface area contributed by atoms with E-state index < -0.39 is 0 Å². The zero-order valence-corrected chi connectivity index (χ0v) is 22.0. The third-order valence-electron chi connectivity index (χ3n) is 6.53. The quantitative estimate of drug-likeness (QED) is 0.300. The number of benzene rings is 2. The lowest BCUT2D eigenvalue weighted by atomic mass is 10.1. The molecule has 0 aromatic heterocycles. The molecule has 5 rings (SSSR count). The van der Waals surface area contributed by atoms with Crippen LogP contribution in [0.1, 0.15) is 24.0 Å². The Morgan fingerprint density at radius 3 is 1.32 bits per heavy atom. The zero-order valence-electron chi connectivity index (χ0n) is 22.0. The van der Waals surface area contributed by atoms with Crippen molar-refractivity contribution in [2.24, 2.45) is 0 Å². The number of carbonyl (C=O) groups is 1. The van der Waals surface area contributed by atoms with E-state index in [4.69, 9.17) is 37.9 Å². The Labute approximate surface area is 221 Å². The molecule has 2 saturated heterocycles. The van der Waals surface area contributed by atoms with Gasteiger partial charge in [0.1, 0.15) is 25.4 Å². The van der Waals surface area contributed by atoms with Crippen LogP contribution in [0.4, 0.5) is 0 Å². The van der Waals surface area contributed by atoms with E-state index in [1.807, 2.05) is 36.4 Å². The van der Waals surface area contributed by atoms with Gasteiger partial charge in [-0.3, -0.25) is 4.79 Å². The summed E-state index contributed by atoms with van der Waals surface area (Å²) >= 11 is 0. The molecule has 202 valence electrons. The smallest absolute Gasteiger partial charge is 0.203 e. The van der Waals surface area contributed by atoms with E-state index in [0.29, 0.717) is 84.9 Å². The van der Waals surface area contributed by atoms with Gasteiger partial charge in [-0.15, -0.1) is 0 Å². The van der Waals surface area contributed by atoms with Crippen molar-refractivity contribution in [3.63, 3.8) is 0 Å². The molecule has 2 aromatic carbocycles. The first-order valence-electron chi connectivity index (χ1n) is 12.5. The highest BCUT2D eigenvalue weighted by atomic mass is 16.6. The minimum atomic E-state index is -0.00159. The van der Waals surface area contributed by atoms with Crippen molar-refractivity contribution in [3.8, 4) is 34.5 Å². The molecule has 0 spiro atoms. The predicted molar refractivity (Wildman–Crippen MR) is 140 cm³/mol. The zero-order chi connectivity index (χ0) is 26.6. The van der Waals surface area contributed by atoms with Crippen LogP contribution in [-0.4, -0.2) is 72.9 Å². The fourth-order valence-electron chi connectivity index (χ4n) is 4.31. The topological polar surface area (TPSA) is 97.5 Å². The SMILES string of the molecule is COc1cc(/C=C2/CC/C(=C/c3cc(OC)c(OCC4CO4)c(OC)c3)C2=O)cc(OC)c1OCC1CO1. The number of hydrogen-bond acceptors (Lipinski definition) is 9. The molecule has 38 heavy (non-hydrogen) atoms. The molecular formula is C29H32O9. The summed E-state index contributed by atoms with van der Waals surface area (Å²) < 4.78 is 44.4. The standard InChI is InChI=1S/C29H32O9/c1-31-23-9-17(10-24(32-2)28(23)37-15-21-13-35-21)7-19-5-6-20(27(19)30)8-18-11-25(33-3)29(26(12-18)34-4)38-16-22-14-36-22/h7-12,21-22H,5-6,13-16H2,1-4H3/b19-7-,20-8-. The van der Waals surface area contributed by atoms with E-state index in [2.05, 4.69) is 0 Å². The van der Waals surface area contributed by atoms with E-state index in [-0.39, 0.29) is 18.0 Å². The van der Waals surface area contributed by atoms with E-state index in [1.165, 1.54) is 0 Å². The van der Waals surface area contributed by atoms with Gasteiger partial charge in [0.15, 0.2) is 28.8 Å². The van der Waals surface area contributed by atoms with Crippen molar-refractivity contribution in [1.29, 1.82) is 0 Å². The summed E-state index contributed by atoms with van der Waals surface area (Å²) in [4.78, 5) is 13.3. The number of carbonyl (C=O) groups excluding carboxylic acids is 1. The van der Waals surface area contributed by atoms with Gasteiger partial charge in [-0.05, 0) is 60.4 Å². The maximum atomic E-state index is 13.3. The van der Waals surface area contributed by atoms with Gasteiger partial charge in [0.2, 0.25) is 11.5 Å². The molecule has 1 saturated carbocycles. The summed E-state index contributed by atoms with van der Waals surface area (Å²) in [7, 11) is 6.30. The molecule has 0 radical (unpaired) electrons. The predicted octanol–water partition coefficient (Wildman–Crippen LogP) is 4.11. The summed E-state index contributed by atoms with van der Waals surface area (Å²) in [6.45, 7) is 2.25. The highest BCUT2D eigenvalue weighted by molar-refractivity contribution is 6.15. The number of rotatable bonds is 12. The number of epoxide rings is 2. The molecule has 2 atom stereocenters. The van der Waals surface area contributed by atoms with E-state index in [1.54, 1.807) is 28.4 Å². The van der Waals surface area contributed by atoms with E-state index >= 15 is 0 Å². The van der Waals surface area contributed by atoms with Gasteiger partial charge >= 0.3 is 0 Å². The van der Waals surface area contributed by atoms with Gasteiger partial charge in [-0.25, -0.2) is 0 Å². The number of ether oxygens (including phenoxy) is 8. The summed E-state index contributed by atoms with van der Waals surface area (Å²) in [5, 5.41) is 0. The molecule has 9 heteroatoms. The number of hydrogen-bond donors (Lipinski definition) is 0. The molecule has 0 N–H and O–H groups in total. The van der Waals surface area contributed by atoms with Crippen LogP contribution in [0.5, 0.6) is 34.5 Å². The average Bonchev–Trinajstić information content (AvgIpc) is 3.87. The largest absolute Gasteiger partial charge is 0.493 e. The van der Waals surface area contributed by atoms with Crippen molar-refractivity contribution in [3.05, 3.63) is 46.5 Å². The highest BCUT2D eigenvalue weighted by Gasteiger charge is 2.27. The van der Waals surface area contributed by atoms with Crippen LogP contribution >= 0.6 is 0 Å². The van der Waals surface area contributed by atoms with Gasteiger partial charge in [0.05, 0.1) is 41.7 Å². The van der Waals surface area contributed by atoms with Crippen molar-refractivity contribution in [2.45, 2.75) is 25.0 Å². The third-order valence-corrected chi connectivity index (χ3v) is 6.53. The summed E-state index contributed by atoms with van der Waals surface area (Å²) in [6, 6.07) is 7.37. The molecule has 1 aliphatic carbocycles. The third kappa shape index (κ3) is 5.89. The first-order valence-corrected chi connectivity index (χ1v) is 12.5. The summed E-state index contributed by atoms with van der Waals surface area (Å²) in [5.41, 5.74) is 3.01. The Bertz CT molecular complexity index is 1110. The van der Waals surface area contributed by atoms with Gasteiger partial charge in [-0.1, -0.05) is 0 Å². The molecule has 2 heterocycles. The van der Waals surface area contributed by atoms with Crippen LogP contribution in [0.25, 0.3) is 12.2 Å². The Morgan fingerprint density at radius 2 is 1.03 bits per heavy atom. The van der Waals surface area contributed by atoms with E-state index in [0.717, 1.165) is 11.1 Å². The lowest BCUT2D eigenvalue weighted by Gasteiger charge is -2.15. The molecule has 3 aliphatic rings. The van der Waals surface area contributed by atoms with E-state index in [9.17, 15) is 4.79 Å². The molecule has 0 amide bonds. The second kappa shape index (κ2) is 11.4. The average molecular weight is 525 g/mol. The minimum Gasteiger partial charge on any atom is -0.493 e. The molecule has 3 fully saturated rings. The number of Topliss-reactive ketones (excluding diaryl/α,β-unsaturated/α-hetero) is 1. The normalized spacial score (nSPS) is 21.9. The Hall–Kier alpha value is -3.69. The van der Waals surface area contributed by atoms with Gasteiger partial charge in [-0.2, -0.15) is 0 Å². The highest BCUT2D eigenvalue weighted by Crippen LogP contribution is 2.42. The second-order valence-electron chi connectivity index (χ2n) is 9.21. The first kappa shape index (κ1) is 25.9. The molecule has 0 bridgehead atoms. The van der Waals surface area contributed by atoms with Crippen molar-refractivity contribution >= 4 is 17.9 Å². The lowest BCUT2D eigenvalue weighted by molar-refractivity contribution is -0.111. The van der Waals surface area contributed by atoms with Crippen molar-refractivity contribution in [2.75, 3.05) is 54.9 Å². The van der Waals surface area contributed by atoms with Crippen LogP contribution < -0.4 is 28.4 Å². The number of ketones is 1. The lowest BCUT2D eigenvalue weighted by Crippen LogP contribution is -2.07. The monoisotopic (exact) mass is 524 g/mol. The van der Waals surface area contributed by atoms with Gasteiger partial charge < -0.3 is 37.9 Å². The maximum Gasteiger partial charge on any atom is 0.203 e. The minimum absolute atomic E-state index is 0.00159. The Kier molecular flexibility index (Phi) is 7.76. The number of methoxy groups -OCH3 is 4. The maximum absolute atomic E-state index is 13.3. The first-order chi connectivity index (χ1) is 18.5. The van der Waals surface area contributed by atoms with Gasteiger partial charge in [0.25, 0.3) is 0 Å². The molecule has 2 unspecified atom stereocenters. The van der Waals surface area contributed by atoms with Crippen LogP contribution in [0, 0.1) is 0 Å². The Balaban J connectivity index is 1.37. The molecule has 2 aliphatic heterocycles. The summed E-state index contributed by atoms with van der Waals surface area (Å²) in [6.07, 6.45) is 5.22. The van der Waals surface area contributed by atoms with Gasteiger partial charge in [0, 0.05) is 11.1 Å². The molecule has 2 aromatic rings. The van der Waals surface area contributed by atoms with Crippen LogP contribution in [0.15, 0.2) is 35.4 Å². The Morgan fingerprint density at radius 1 is 0.684 bits per heavy atom. The molecule has 9 nitrogen and oxygen atoms in total. The fourth-order valence-corrected chi connectivity index (χ4v) is 4.31. The second-order valence-corrected chi connectivity index (χ2v) is 9.21. The van der Waals surface area contributed by atoms with Crippen molar-refractivity contribution in [1.82, 2.24) is 0 Å². The molecular weight excluding hydrogens is 492 g/mol. The summed E-state index contributed by atoms with van der Waals surface area (Å²) in [5.74, 6) is 3.18.